The number of anilines is 1. The Morgan fingerprint density at radius 2 is 1.65 bits per heavy atom. The van der Waals surface area contributed by atoms with Gasteiger partial charge in [0.25, 0.3) is 0 Å². The highest BCUT2D eigenvalue weighted by Crippen LogP contribution is 2.30. The van der Waals surface area contributed by atoms with E-state index in [9.17, 15) is 22.8 Å². The first-order valence-corrected chi connectivity index (χ1v) is 10.7. The van der Waals surface area contributed by atoms with Gasteiger partial charge < -0.3 is 16.4 Å². The van der Waals surface area contributed by atoms with E-state index in [1.807, 2.05) is 12.2 Å². The number of amidine groups is 1. The Morgan fingerprint density at radius 3 is 2.18 bits per heavy atom. The van der Waals surface area contributed by atoms with Crippen LogP contribution in [-0.2, 0) is 15.8 Å². The van der Waals surface area contributed by atoms with Crippen LogP contribution in [0.1, 0.15) is 42.5 Å². The number of benzene rings is 2. The molecule has 34 heavy (non-hydrogen) atoms. The summed E-state index contributed by atoms with van der Waals surface area (Å²) in [5.41, 5.74) is 6.62. The largest absolute Gasteiger partial charge is 0.416 e. The minimum absolute atomic E-state index is 0.107. The van der Waals surface area contributed by atoms with Crippen LogP contribution in [0, 0.1) is 11.3 Å². The molecule has 3 rings (SSSR count). The molecule has 0 aliphatic heterocycles. The number of amides is 2. The number of alkyl halides is 3. The summed E-state index contributed by atoms with van der Waals surface area (Å²) >= 11 is 0. The summed E-state index contributed by atoms with van der Waals surface area (Å²) < 4.78 is 38.5. The molecular weight excluding hydrogens is 445 g/mol. The van der Waals surface area contributed by atoms with Crippen molar-refractivity contribution in [3.8, 4) is 0 Å². The van der Waals surface area contributed by atoms with Gasteiger partial charge >= 0.3 is 6.18 Å². The smallest absolute Gasteiger partial charge is 0.384 e. The molecule has 1 aliphatic rings. The first kappa shape index (κ1) is 24.8. The Hall–Kier alpha value is -3.88. The first-order valence-electron chi connectivity index (χ1n) is 10.7. The topological polar surface area (TPSA) is 108 Å². The third-order valence-electron chi connectivity index (χ3n) is 5.44. The maximum Gasteiger partial charge on any atom is 0.416 e. The van der Waals surface area contributed by atoms with Crippen molar-refractivity contribution >= 4 is 23.3 Å². The SMILES string of the molecule is CC(NC(=O)C(C(=O)Nc1ccc(C(=N)N)cc1)C1=CCCC=C1)c1ccc(C(F)(F)F)cc1. The second kappa shape index (κ2) is 10.4. The zero-order valence-corrected chi connectivity index (χ0v) is 18.4. The highest BCUT2D eigenvalue weighted by Gasteiger charge is 2.32. The van der Waals surface area contributed by atoms with Gasteiger partial charge in [0, 0.05) is 11.3 Å². The standard InChI is InChI=1S/C25H25F3N4O2/c1-15(16-7-11-19(12-8-16)25(26,27)28)31-23(33)21(17-5-3-2-4-6-17)24(34)32-20-13-9-18(10-14-20)22(29)30/h3,5-15,21H,2,4H2,1H3,(H3,29,30)(H,31,33)(H,32,34). The van der Waals surface area contributed by atoms with Crippen LogP contribution in [0.3, 0.4) is 0 Å². The lowest BCUT2D eigenvalue weighted by atomic mass is 9.91. The molecule has 0 fully saturated rings. The average Bonchev–Trinajstić information content (AvgIpc) is 2.79. The van der Waals surface area contributed by atoms with E-state index in [-0.39, 0.29) is 5.84 Å². The number of rotatable bonds is 7. The number of allylic oxidation sites excluding steroid dienone is 3. The molecule has 0 heterocycles. The lowest BCUT2D eigenvalue weighted by molar-refractivity contribution is -0.137. The predicted octanol–water partition coefficient (Wildman–Crippen LogP) is 4.70. The van der Waals surface area contributed by atoms with Gasteiger partial charge in [-0.2, -0.15) is 13.2 Å². The van der Waals surface area contributed by atoms with Crippen molar-refractivity contribution in [3.63, 3.8) is 0 Å². The summed E-state index contributed by atoms with van der Waals surface area (Å²) in [4.78, 5) is 26.3. The van der Waals surface area contributed by atoms with Crippen molar-refractivity contribution in [2.45, 2.75) is 32.0 Å². The van der Waals surface area contributed by atoms with Crippen LogP contribution < -0.4 is 16.4 Å². The van der Waals surface area contributed by atoms with E-state index in [1.54, 1.807) is 37.3 Å². The van der Waals surface area contributed by atoms with Gasteiger partial charge in [-0.3, -0.25) is 15.0 Å². The van der Waals surface area contributed by atoms with E-state index in [0.29, 0.717) is 28.8 Å². The Kier molecular flexibility index (Phi) is 7.55. The number of nitrogens with one attached hydrogen (secondary N) is 3. The zero-order chi connectivity index (χ0) is 24.9. The number of carbonyl (C=O) groups excluding carboxylic acids is 2. The molecule has 0 saturated carbocycles. The maximum atomic E-state index is 13.2. The van der Waals surface area contributed by atoms with Crippen molar-refractivity contribution in [2.24, 2.45) is 11.7 Å². The number of hydrogen-bond donors (Lipinski definition) is 4. The van der Waals surface area contributed by atoms with E-state index in [4.69, 9.17) is 11.1 Å². The van der Waals surface area contributed by atoms with Gasteiger partial charge in [-0.15, -0.1) is 0 Å². The second-order valence-corrected chi connectivity index (χ2v) is 7.95. The van der Waals surface area contributed by atoms with Crippen LogP contribution in [0.4, 0.5) is 18.9 Å². The average molecular weight is 470 g/mol. The van der Waals surface area contributed by atoms with Gasteiger partial charge in [-0.1, -0.05) is 30.4 Å². The lowest BCUT2D eigenvalue weighted by Crippen LogP contribution is -2.40. The normalized spacial score (nSPS) is 15.1. The van der Waals surface area contributed by atoms with E-state index in [0.717, 1.165) is 18.6 Å². The fourth-order valence-electron chi connectivity index (χ4n) is 3.56. The number of halogens is 3. The fraction of sp³-hybridized carbons (Fsp3) is 0.240. The molecule has 0 spiro atoms. The monoisotopic (exact) mass is 470 g/mol. The molecule has 2 amide bonds. The van der Waals surface area contributed by atoms with Crippen LogP contribution in [0.5, 0.6) is 0 Å². The molecule has 9 heteroatoms. The first-order chi connectivity index (χ1) is 16.1. The maximum absolute atomic E-state index is 13.2. The summed E-state index contributed by atoms with van der Waals surface area (Å²) in [5.74, 6) is -2.38. The second-order valence-electron chi connectivity index (χ2n) is 7.95. The molecular formula is C25H25F3N4O2. The van der Waals surface area contributed by atoms with Crippen LogP contribution in [0.15, 0.2) is 72.3 Å². The molecule has 0 aromatic heterocycles. The van der Waals surface area contributed by atoms with E-state index in [1.165, 1.54) is 12.1 Å². The Morgan fingerprint density at radius 1 is 1.00 bits per heavy atom. The number of nitrogen functional groups attached to an aromatic ring is 1. The summed E-state index contributed by atoms with van der Waals surface area (Å²) in [6.45, 7) is 1.64. The van der Waals surface area contributed by atoms with Gasteiger partial charge in [0.2, 0.25) is 11.8 Å². The van der Waals surface area contributed by atoms with Gasteiger partial charge in [0.1, 0.15) is 11.8 Å². The third-order valence-corrected chi connectivity index (χ3v) is 5.44. The fourth-order valence-corrected chi connectivity index (χ4v) is 3.56. The quantitative estimate of drug-likeness (QED) is 0.268. The molecule has 0 saturated heterocycles. The van der Waals surface area contributed by atoms with Gasteiger partial charge in [-0.05, 0) is 67.3 Å². The minimum Gasteiger partial charge on any atom is -0.384 e. The lowest BCUT2D eigenvalue weighted by Gasteiger charge is -2.22. The van der Waals surface area contributed by atoms with Crippen molar-refractivity contribution < 1.29 is 22.8 Å². The van der Waals surface area contributed by atoms with Crippen LogP contribution in [0.2, 0.25) is 0 Å². The Labute approximate surface area is 195 Å². The molecule has 0 bridgehead atoms. The summed E-state index contributed by atoms with van der Waals surface area (Å²) in [7, 11) is 0. The third kappa shape index (κ3) is 6.12. The highest BCUT2D eigenvalue weighted by atomic mass is 19.4. The summed E-state index contributed by atoms with van der Waals surface area (Å²) in [5, 5.41) is 12.9. The molecule has 2 unspecified atom stereocenters. The molecule has 2 atom stereocenters. The zero-order valence-electron chi connectivity index (χ0n) is 18.4. The Bertz CT molecular complexity index is 1120. The molecule has 1 aliphatic carbocycles. The van der Waals surface area contributed by atoms with Gasteiger partial charge in [0.15, 0.2) is 0 Å². The summed E-state index contributed by atoms with van der Waals surface area (Å²) in [6.07, 6.45) is 2.47. The minimum atomic E-state index is -4.45. The van der Waals surface area contributed by atoms with Crippen LogP contribution in [-0.4, -0.2) is 17.6 Å². The highest BCUT2D eigenvalue weighted by molar-refractivity contribution is 6.09. The number of nitrogens with two attached hydrogens (primary N) is 1. The summed E-state index contributed by atoms with van der Waals surface area (Å²) in [6, 6.07) is 10.2. The molecule has 2 aromatic rings. The molecule has 5 N–H and O–H groups in total. The van der Waals surface area contributed by atoms with Gasteiger partial charge in [-0.25, -0.2) is 0 Å². The Balaban J connectivity index is 1.77. The van der Waals surface area contributed by atoms with Crippen LogP contribution in [0.25, 0.3) is 0 Å². The molecule has 2 aromatic carbocycles. The van der Waals surface area contributed by atoms with Crippen molar-refractivity contribution in [1.29, 1.82) is 5.41 Å². The number of carbonyl (C=O) groups is 2. The predicted molar refractivity (Wildman–Crippen MR) is 124 cm³/mol. The number of hydrogen-bond acceptors (Lipinski definition) is 3. The van der Waals surface area contributed by atoms with Crippen molar-refractivity contribution in [1.82, 2.24) is 5.32 Å². The molecule has 0 radical (unpaired) electrons. The van der Waals surface area contributed by atoms with E-state index in [2.05, 4.69) is 10.6 Å². The van der Waals surface area contributed by atoms with Gasteiger partial charge in [0.05, 0.1) is 11.6 Å². The van der Waals surface area contributed by atoms with Crippen LogP contribution >= 0.6 is 0 Å². The molecule has 178 valence electrons. The van der Waals surface area contributed by atoms with E-state index < -0.39 is 35.5 Å². The van der Waals surface area contributed by atoms with Crippen molar-refractivity contribution in [2.75, 3.05) is 5.32 Å². The van der Waals surface area contributed by atoms with Crippen molar-refractivity contribution in [3.05, 3.63) is 89.0 Å². The van der Waals surface area contributed by atoms with E-state index >= 15 is 0 Å². The molecule has 6 nitrogen and oxygen atoms in total.